The zero-order valence-corrected chi connectivity index (χ0v) is 11.3. The van der Waals surface area contributed by atoms with Crippen molar-refractivity contribution in [2.45, 2.75) is 11.9 Å². The molecule has 0 aliphatic heterocycles. The fraction of sp³-hybridized carbons (Fsp3) is 0.308. The maximum absolute atomic E-state index is 9.30. The third-order valence-electron chi connectivity index (χ3n) is 2.59. The van der Waals surface area contributed by atoms with Gasteiger partial charge in [-0.15, -0.1) is 0 Å². The molecule has 0 radical (unpaired) electrons. The fourth-order valence-electron chi connectivity index (χ4n) is 1.67. The van der Waals surface area contributed by atoms with Crippen LogP contribution >= 0.6 is 23.4 Å². The van der Waals surface area contributed by atoms with Gasteiger partial charge < -0.3 is 10.2 Å². The monoisotopic (exact) mass is 283 g/mol. The molecule has 0 saturated heterocycles. The minimum Gasteiger partial charge on any atom is -0.394 e. The molecule has 0 unspecified atom stereocenters. The van der Waals surface area contributed by atoms with Gasteiger partial charge in [-0.25, -0.2) is 0 Å². The Bertz CT molecular complexity index is 535. The molecule has 0 spiro atoms. The van der Waals surface area contributed by atoms with Crippen LogP contribution in [-0.2, 0) is 5.75 Å². The number of halogens is 1. The quantitative estimate of drug-likeness (QED) is 0.885. The Kier molecular flexibility index (Phi) is 4.83. The smallest absolute Gasteiger partial charge is 0.0861 e. The van der Waals surface area contributed by atoms with Crippen molar-refractivity contribution < 1.29 is 10.2 Å². The van der Waals surface area contributed by atoms with Crippen molar-refractivity contribution in [2.24, 2.45) is 0 Å². The standard InChI is InChI=1S/C13H14ClNO2S/c14-12-4-3-9-2-1-5-15-13(9)11(12)8-18-7-10(17)6-16/h1-5,10,16-17H,6-8H2/t10-/m1/s1. The second-order valence-corrected chi connectivity index (χ2v) is 5.39. The van der Waals surface area contributed by atoms with Crippen LogP contribution in [0.3, 0.4) is 0 Å². The molecule has 1 heterocycles. The number of aromatic nitrogens is 1. The number of hydrogen-bond donors (Lipinski definition) is 2. The normalized spacial score (nSPS) is 12.8. The van der Waals surface area contributed by atoms with E-state index in [1.165, 1.54) is 11.8 Å². The third-order valence-corrected chi connectivity index (χ3v) is 4.06. The second kappa shape index (κ2) is 6.38. The molecule has 0 aliphatic rings. The van der Waals surface area contributed by atoms with Crippen molar-refractivity contribution >= 4 is 34.3 Å². The van der Waals surface area contributed by atoms with E-state index < -0.39 is 6.10 Å². The van der Waals surface area contributed by atoms with E-state index in [1.54, 1.807) is 6.20 Å². The number of aliphatic hydroxyl groups excluding tert-OH is 2. The van der Waals surface area contributed by atoms with Gasteiger partial charge in [0.15, 0.2) is 0 Å². The molecule has 2 rings (SSSR count). The highest BCUT2D eigenvalue weighted by molar-refractivity contribution is 7.98. The lowest BCUT2D eigenvalue weighted by atomic mass is 10.1. The molecule has 0 amide bonds. The van der Waals surface area contributed by atoms with Gasteiger partial charge in [-0.2, -0.15) is 11.8 Å². The summed E-state index contributed by atoms with van der Waals surface area (Å²) in [5.41, 5.74) is 1.88. The second-order valence-electron chi connectivity index (χ2n) is 3.95. The number of benzene rings is 1. The minimum absolute atomic E-state index is 0.214. The maximum atomic E-state index is 9.30. The number of pyridine rings is 1. The first-order chi connectivity index (χ1) is 8.72. The SMILES string of the molecule is OC[C@@H](O)CSCc1c(Cl)ccc2cccnc12. The van der Waals surface area contributed by atoms with Crippen LogP contribution in [0.25, 0.3) is 10.9 Å². The van der Waals surface area contributed by atoms with Gasteiger partial charge in [0.1, 0.15) is 0 Å². The molecule has 2 N–H and O–H groups in total. The van der Waals surface area contributed by atoms with E-state index in [0.29, 0.717) is 16.5 Å². The van der Waals surface area contributed by atoms with Crippen LogP contribution in [0, 0.1) is 0 Å². The summed E-state index contributed by atoms with van der Waals surface area (Å²) in [5.74, 6) is 1.15. The van der Waals surface area contributed by atoms with Crippen LogP contribution in [0.1, 0.15) is 5.56 Å². The van der Waals surface area contributed by atoms with Gasteiger partial charge in [0.2, 0.25) is 0 Å². The largest absolute Gasteiger partial charge is 0.394 e. The van der Waals surface area contributed by atoms with Gasteiger partial charge in [0, 0.05) is 33.7 Å². The number of nitrogens with zero attached hydrogens (tertiary/aromatic N) is 1. The van der Waals surface area contributed by atoms with Crippen molar-refractivity contribution in [3.63, 3.8) is 0 Å². The number of aliphatic hydroxyl groups is 2. The number of fused-ring (bicyclic) bond motifs is 1. The molecule has 2 aromatic rings. The highest BCUT2D eigenvalue weighted by Crippen LogP contribution is 2.28. The van der Waals surface area contributed by atoms with Crippen molar-refractivity contribution in [3.8, 4) is 0 Å². The van der Waals surface area contributed by atoms with Crippen molar-refractivity contribution in [1.82, 2.24) is 4.98 Å². The first-order valence-corrected chi connectivity index (χ1v) is 7.14. The zero-order valence-electron chi connectivity index (χ0n) is 9.71. The summed E-state index contributed by atoms with van der Waals surface area (Å²) < 4.78 is 0. The molecule has 1 atom stereocenters. The van der Waals surface area contributed by atoms with Gasteiger partial charge in [-0.3, -0.25) is 4.98 Å². The Labute approximate surface area is 115 Å². The van der Waals surface area contributed by atoms with Crippen molar-refractivity contribution in [1.29, 1.82) is 0 Å². The summed E-state index contributed by atoms with van der Waals surface area (Å²) in [4.78, 5) is 4.35. The first kappa shape index (κ1) is 13.6. The van der Waals surface area contributed by atoms with Crippen molar-refractivity contribution in [2.75, 3.05) is 12.4 Å². The first-order valence-electron chi connectivity index (χ1n) is 5.61. The van der Waals surface area contributed by atoms with Gasteiger partial charge in [0.05, 0.1) is 18.2 Å². The third kappa shape index (κ3) is 3.14. The van der Waals surface area contributed by atoms with E-state index in [9.17, 15) is 5.11 Å². The molecule has 3 nitrogen and oxygen atoms in total. The van der Waals surface area contributed by atoms with Crippen LogP contribution in [-0.4, -0.2) is 33.7 Å². The van der Waals surface area contributed by atoms with E-state index >= 15 is 0 Å². The Hall–Kier alpha value is -0.810. The predicted molar refractivity (Wildman–Crippen MR) is 76.0 cm³/mol. The molecule has 0 fully saturated rings. The zero-order chi connectivity index (χ0) is 13.0. The predicted octanol–water partition coefficient (Wildman–Crippen LogP) is 2.47. The lowest BCUT2D eigenvalue weighted by Gasteiger charge is -2.09. The Morgan fingerprint density at radius 1 is 1.33 bits per heavy atom. The molecular formula is C13H14ClNO2S. The molecule has 18 heavy (non-hydrogen) atoms. The van der Waals surface area contributed by atoms with Crippen molar-refractivity contribution in [3.05, 3.63) is 41.0 Å². The lowest BCUT2D eigenvalue weighted by Crippen LogP contribution is -2.14. The summed E-state index contributed by atoms with van der Waals surface area (Å²) >= 11 is 7.72. The topological polar surface area (TPSA) is 53.4 Å². The molecule has 0 bridgehead atoms. The molecule has 1 aromatic carbocycles. The summed E-state index contributed by atoms with van der Waals surface area (Å²) in [5, 5.41) is 19.8. The molecule has 1 aromatic heterocycles. The molecule has 96 valence electrons. The molecule has 5 heteroatoms. The minimum atomic E-state index is -0.684. The van der Waals surface area contributed by atoms with Crippen LogP contribution in [0.2, 0.25) is 5.02 Å². The summed E-state index contributed by atoms with van der Waals surface area (Å²) in [7, 11) is 0. The molecule has 0 saturated carbocycles. The lowest BCUT2D eigenvalue weighted by molar-refractivity contribution is 0.113. The van der Waals surface area contributed by atoms with E-state index in [2.05, 4.69) is 4.98 Å². The highest BCUT2D eigenvalue weighted by atomic mass is 35.5. The molecule has 0 aliphatic carbocycles. The van der Waals surface area contributed by atoms with E-state index in [0.717, 1.165) is 16.5 Å². The van der Waals surface area contributed by atoms with Crippen LogP contribution < -0.4 is 0 Å². The van der Waals surface area contributed by atoms with Crippen LogP contribution in [0.4, 0.5) is 0 Å². The van der Waals surface area contributed by atoms with E-state index in [1.807, 2.05) is 24.3 Å². The fourth-order valence-corrected chi connectivity index (χ4v) is 2.96. The van der Waals surface area contributed by atoms with Gasteiger partial charge in [-0.1, -0.05) is 23.7 Å². The summed E-state index contributed by atoms with van der Waals surface area (Å²) in [6, 6.07) is 7.70. The van der Waals surface area contributed by atoms with Crippen LogP contribution in [0.15, 0.2) is 30.5 Å². The van der Waals surface area contributed by atoms with E-state index in [-0.39, 0.29) is 6.61 Å². The highest BCUT2D eigenvalue weighted by Gasteiger charge is 2.09. The number of thioether (sulfide) groups is 1. The maximum Gasteiger partial charge on any atom is 0.0861 e. The van der Waals surface area contributed by atoms with Gasteiger partial charge in [0.25, 0.3) is 0 Å². The summed E-state index contributed by atoms with van der Waals surface area (Å²) in [6.07, 6.45) is 1.06. The van der Waals surface area contributed by atoms with E-state index in [4.69, 9.17) is 16.7 Å². The Balaban J connectivity index is 2.18. The number of hydrogen-bond acceptors (Lipinski definition) is 4. The van der Waals surface area contributed by atoms with Gasteiger partial charge in [-0.05, 0) is 12.1 Å². The Morgan fingerprint density at radius 2 is 2.17 bits per heavy atom. The van der Waals surface area contributed by atoms with Gasteiger partial charge >= 0.3 is 0 Å². The van der Waals surface area contributed by atoms with Crippen LogP contribution in [0.5, 0.6) is 0 Å². The Morgan fingerprint density at radius 3 is 2.94 bits per heavy atom. The number of rotatable bonds is 5. The average molecular weight is 284 g/mol. The molecular weight excluding hydrogens is 270 g/mol. The average Bonchev–Trinajstić information content (AvgIpc) is 2.41. The summed E-state index contributed by atoms with van der Waals surface area (Å²) in [6.45, 7) is -0.214.